The van der Waals surface area contributed by atoms with E-state index in [1.54, 1.807) is 11.0 Å². The summed E-state index contributed by atoms with van der Waals surface area (Å²) in [5.74, 6) is -0.271. The van der Waals surface area contributed by atoms with Gasteiger partial charge in [-0.1, -0.05) is 31.0 Å². The fraction of sp³-hybridized carbons (Fsp3) is 0.500. The number of benzene rings is 1. The molecule has 0 aliphatic carbocycles. The molecule has 2 heterocycles. The number of hydrogen-bond acceptors (Lipinski definition) is 3. The fourth-order valence-electron chi connectivity index (χ4n) is 3.71. The molecule has 2 aromatic rings. The van der Waals surface area contributed by atoms with Crippen LogP contribution in [0.2, 0.25) is 5.02 Å². The molecule has 3 rings (SSSR count). The zero-order valence-corrected chi connectivity index (χ0v) is 15.4. The summed E-state index contributed by atoms with van der Waals surface area (Å²) in [5.41, 5.74) is 2.01. The number of esters is 1. The van der Waals surface area contributed by atoms with Crippen molar-refractivity contribution in [2.24, 2.45) is 0 Å². The molecule has 0 radical (unpaired) electrons. The highest BCUT2D eigenvalue weighted by Crippen LogP contribution is 2.46. The third-order valence-corrected chi connectivity index (χ3v) is 5.20. The molecule has 1 atom stereocenters. The van der Waals surface area contributed by atoms with Crippen LogP contribution in [0, 0.1) is 0 Å². The minimum atomic E-state index is -0.765. The Morgan fingerprint density at radius 3 is 2.92 bits per heavy atom. The lowest BCUT2D eigenvalue weighted by Gasteiger charge is -2.37. The maximum Gasteiger partial charge on any atom is 0.309 e. The first-order valence-corrected chi connectivity index (χ1v) is 9.03. The first kappa shape index (κ1) is 17.6. The number of fused-ring (bicyclic) bond motifs is 3. The molecule has 0 saturated carbocycles. The summed E-state index contributed by atoms with van der Waals surface area (Å²) in [6.07, 6.45) is 2.44. The number of aromatic nitrogens is 1. The van der Waals surface area contributed by atoms with E-state index in [1.165, 1.54) is 0 Å². The highest BCUT2D eigenvalue weighted by atomic mass is 35.5. The van der Waals surface area contributed by atoms with Gasteiger partial charge < -0.3 is 9.47 Å². The Balaban J connectivity index is 2.20. The van der Waals surface area contributed by atoms with Crippen LogP contribution >= 0.6 is 23.4 Å². The van der Waals surface area contributed by atoms with E-state index in [2.05, 4.69) is 6.92 Å². The molecule has 1 aliphatic heterocycles. The monoisotopic (exact) mass is 369 g/mol. The third-order valence-electron chi connectivity index (χ3n) is 4.54. The minimum Gasteiger partial charge on any atom is -0.466 e. The van der Waals surface area contributed by atoms with E-state index in [4.69, 9.17) is 32.9 Å². The third kappa shape index (κ3) is 2.81. The van der Waals surface area contributed by atoms with Crippen molar-refractivity contribution in [2.45, 2.75) is 45.1 Å². The Hall–Kier alpha value is -1.23. The second kappa shape index (κ2) is 6.95. The van der Waals surface area contributed by atoms with Gasteiger partial charge in [0.05, 0.1) is 35.9 Å². The van der Waals surface area contributed by atoms with Gasteiger partial charge in [0.2, 0.25) is 0 Å². The standard InChI is InChI=1S/C18H21Cl2NO3/c1-3-9-18(11-15(22)23-4-2)17-12(8-10-24-18)16-13(19)6-5-7-14(16)21(17)20/h5-7H,3-4,8-11H2,1-2H3. The topological polar surface area (TPSA) is 40.5 Å². The van der Waals surface area contributed by atoms with Gasteiger partial charge in [-0.3, -0.25) is 8.88 Å². The number of nitrogens with zero attached hydrogens (tertiary/aromatic N) is 1. The Morgan fingerprint density at radius 1 is 1.42 bits per heavy atom. The average molecular weight is 370 g/mol. The predicted molar refractivity (Wildman–Crippen MR) is 95.7 cm³/mol. The Labute approximate surface area is 151 Å². The summed E-state index contributed by atoms with van der Waals surface area (Å²) in [6.45, 7) is 4.76. The molecule has 4 nitrogen and oxygen atoms in total. The van der Waals surface area contributed by atoms with Gasteiger partial charge in [0, 0.05) is 17.2 Å². The van der Waals surface area contributed by atoms with E-state index in [9.17, 15) is 4.79 Å². The Bertz CT molecular complexity index is 771. The van der Waals surface area contributed by atoms with E-state index in [0.717, 1.165) is 35.0 Å². The first-order valence-electron chi connectivity index (χ1n) is 8.32. The van der Waals surface area contributed by atoms with Crippen LogP contribution in [0.25, 0.3) is 10.9 Å². The maximum atomic E-state index is 12.2. The number of rotatable bonds is 5. The Morgan fingerprint density at radius 2 is 2.21 bits per heavy atom. The Kier molecular flexibility index (Phi) is 5.09. The number of carbonyl (C=O) groups is 1. The molecule has 0 bridgehead atoms. The zero-order valence-electron chi connectivity index (χ0n) is 13.9. The smallest absolute Gasteiger partial charge is 0.309 e. The summed E-state index contributed by atoms with van der Waals surface area (Å²) in [7, 11) is 0. The van der Waals surface area contributed by atoms with Gasteiger partial charge in [-0.25, -0.2) is 0 Å². The highest BCUT2D eigenvalue weighted by molar-refractivity contribution is 6.36. The average Bonchev–Trinajstić information content (AvgIpc) is 2.83. The second-order valence-electron chi connectivity index (χ2n) is 6.07. The zero-order chi connectivity index (χ0) is 17.3. The van der Waals surface area contributed by atoms with E-state index in [0.29, 0.717) is 24.7 Å². The van der Waals surface area contributed by atoms with Gasteiger partial charge in [-0.15, -0.1) is 0 Å². The van der Waals surface area contributed by atoms with Gasteiger partial charge in [0.15, 0.2) is 0 Å². The summed E-state index contributed by atoms with van der Waals surface area (Å²) in [6, 6.07) is 5.68. The highest BCUT2D eigenvalue weighted by Gasteiger charge is 2.44. The lowest BCUT2D eigenvalue weighted by Crippen LogP contribution is -2.39. The summed E-state index contributed by atoms with van der Waals surface area (Å²) in [5, 5.41) is 1.63. The molecular formula is C18H21Cl2NO3. The van der Waals surface area contributed by atoms with Crippen molar-refractivity contribution in [3.63, 3.8) is 0 Å². The molecule has 1 aliphatic rings. The van der Waals surface area contributed by atoms with E-state index in [1.807, 2.05) is 18.2 Å². The van der Waals surface area contributed by atoms with E-state index < -0.39 is 5.60 Å². The van der Waals surface area contributed by atoms with E-state index in [-0.39, 0.29) is 12.4 Å². The molecule has 1 unspecified atom stereocenters. The molecular weight excluding hydrogens is 349 g/mol. The number of carbonyl (C=O) groups excluding carboxylic acids is 1. The van der Waals surface area contributed by atoms with Crippen molar-refractivity contribution in [3.8, 4) is 0 Å². The van der Waals surface area contributed by atoms with Crippen LogP contribution in [-0.2, 0) is 26.3 Å². The van der Waals surface area contributed by atoms with Crippen LogP contribution in [0.15, 0.2) is 18.2 Å². The lowest BCUT2D eigenvalue weighted by molar-refractivity contribution is -0.155. The SMILES string of the molecule is CCCC1(CC(=O)OCC)OCCc2c1n(Cl)c1cccc(Cl)c21. The predicted octanol–water partition coefficient (Wildman–Crippen LogP) is 4.82. The van der Waals surface area contributed by atoms with Crippen LogP contribution < -0.4 is 0 Å². The molecule has 0 fully saturated rings. The van der Waals surface area contributed by atoms with Crippen molar-refractivity contribution in [1.82, 2.24) is 4.09 Å². The van der Waals surface area contributed by atoms with Gasteiger partial charge in [-0.2, -0.15) is 0 Å². The van der Waals surface area contributed by atoms with Crippen molar-refractivity contribution >= 4 is 40.2 Å². The molecule has 6 heteroatoms. The van der Waals surface area contributed by atoms with Crippen molar-refractivity contribution in [1.29, 1.82) is 0 Å². The molecule has 130 valence electrons. The molecule has 1 aromatic heterocycles. The molecule has 0 amide bonds. The normalized spacial score (nSPS) is 20.2. The van der Waals surface area contributed by atoms with Crippen molar-refractivity contribution in [3.05, 3.63) is 34.5 Å². The first-order chi connectivity index (χ1) is 11.5. The van der Waals surface area contributed by atoms with Gasteiger partial charge >= 0.3 is 5.97 Å². The molecule has 24 heavy (non-hydrogen) atoms. The van der Waals surface area contributed by atoms with Crippen LogP contribution in [0.1, 0.15) is 44.4 Å². The van der Waals surface area contributed by atoms with Gasteiger partial charge in [0.25, 0.3) is 0 Å². The molecule has 0 spiro atoms. The van der Waals surface area contributed by atoms with Gasteiger partial charge in [0.1, 0.15) is 5.60 Å². The number of ether oxygens (including phenoxy) is 2. The van der Waals surface area contributed by atoms with Crippen LogP contribution in [0.3, 0.4) is 0 Å². The van der Waals surface area contributed by atoms with Crippen molar-refractivity contribution in [2.75, 3.05) is 13.2 Å². The maximum absolute atomic E-state index is 12.2. The van der Waals surface area contributed by atoms with E-state index >= 15 is 0 Å². The van der Waals surface area contributed by atoms with Crippen molar-refractivity contribution < 1.29 is 14.3 Å². The number of hydrogen-bond donors (Lipinski definition) is 0. The molecule has 1 aromatic carbocycles. The quantitative estimate of drug-likeness (QED) is 0.709. The summed E-state index contributed by atoms with van der Waals surface area (Å²) < 4.78 is 12.9. The molecule has 0 saturated heterocycles. The summed E-state index contributed by atoms with van der Waals surface area (Å²) >= 11 is 13.1. The van der Waals surface area contributed by atoms with Crippen LogP contribution in [0.5, 0.6) is 0 Å². The van der Waals surface area contributed by atoms with Gasteiger partial charge in [-0.05, 0) is 37.5 Å². The second-order valence-corrected chi connectivity index (χ2v) is 6.81. The summed E-state index contributed by atoms with van der Waals surface area (Å²) in [4.78, 5) is 12.2. The number of halogens is 2. The molecule has 0 N–H and O–H groups in total. The minimum absolute atomic E-state index is 0.155. The van der Waals surface area contributed by atoms with Crippen LogP contribution in [-0.4, -0.2) is 23.3 Å². The fourth-order valence-corrected chi connectivity index (χ4v) is 4.39. The van der Waals surface area contributed by atoms with Crippen LogP contribution in [0.4, 0.5) is 0 Å². The largest absolute Gasteiger partial charge is 0.466 e. The lowest BCUT2D eigenvalue weighted by atomic mass is 9.85.